The highest BCUT2D eigenvalue weighted by molar-refractivity contribution is 5.90. The molecular weight excluding hydrogens is 416 g/mol. The second-order valence-corrected chi connectivity index (χ2v) is 8.92. The van der Waals surface area contributed by atoms with Gasteiger partial charge in [0.25, 0.3) is 5.91 Å². The van der Waals surface area contributed by atoms with Crippen LogP contribution in [-0.4, -0.2) is 83.0 Å². The van der Waals surface area contributed by atoms with Crippen molar-refractivity contribution in [3.05, 3.63) is 36.0 Å². The molecule has 0 spiro atoms. The summed E-state index contributed by atoms with van der Waals surface area (Å²) in [4.78, 5) is 25.3. The first-order chi connectivity index (χ1) is 15.0. The largest absolute Gasteiger partial charge is 0.395 e. The minimum atomic E-state index is -1.74. The number of ether oxygens (including phenoxy) is 1. The molecule has 5 atom stereocenters. The smallest absolute Gasteiger partial charge is 0.252 e. The lowest BCUT2D eigenvalue weighted by Gasteiger charge is -2.29. The van der Waals surface area contributed by atoms with Crippen LogP contribution in [0, 0.1) is 5.41 Å². The van der Waals surface area contributed by atoms with Crippen LogP contribution in [-0.2, 0) is 14.3 Å². The van der Waals surface area contributed by atoms with Gasteiger partial charge in [0.1, 0.15) is 24.4 Å². The van der Waals surface area contributed by atoms with Crippen molar-refractivity contribution >= 4 is 11.8 Å². The summed E-state index contributed by atoms with van der Waals surface area (Å²) in [6.45, 7) is 5.51. The number of hydrogen-bond donors (Lipinski definition) is 6. The molecule has 0 saturated carbocycles. The van der Waals surface area contributed by atoms with Crippen LogP contribution in [0.25, 0.3) is 0 Å². The Labute approximate surface area is 189 Å². The number of carbonyl (C=O) groups excluding carboxylic acids is 2. The van der Waals surface area contributed by atoms with E-state index in [1.807, 2.05) is 39.0 Å². The molecule has 0 aromatic rings. The molecule has 32 heavy (non-hydrogen) atoms. The van der Waals surface area contributed by atoms with Crippen molar-refractivity contribution in [1.29, 1.82) is 0 Å². The van der Waals surface area contributed by atoms with Gasteiger partial charge in [-0.25, -0.2) is 0 Å². The van der Waals surface area contributed by atoms with Gasteiger partial charge < -0.3 is 35.8 Å². The maximum absolute atomic E-state index is 12.8. The highest BCUT2D eigenvalue weighted by Gasteiger charge is 2.37. The van der Waals surface area contributed by atoms with Gasteiger partial charge >= 0.3 is 0 Å². The highest BCUT2D eigenvalue weighted by Crippen LogP contribution is 2.19. The third-order valence-corrected chi connectivity index (χ3v) is 4.93. The van der Waals surface area contributed by atoms with Gasteiger partial charge in [0.05, 0.1) is 6.61 Å². The standard InChI is InChI=1S/C23H38N2O7/c1-23(2,3)11-10-17(27)18(28)19(29)20(32-4)22(31)25-16(21(30)24-12-13-26)14-15-8-6-5-7-9-15/h5-6,8,10-11,16-20,26-29H,7,9,12-14H2,1-4H3,(H,24,30)(H,25,31)/b11-10+/t16-,17+,18-,19+,20+/m0/s1. The molecule has 0 heterocycles. The van der Waals surface area contributed by atoms with Gasteiger partial charge in [0, 0.05) is 13.7 Å². The zero-order valence-electron chi connectivity index (χ0n) is 19.3. The normalized spacial score (nSPS) is 19.1. The minimum Gasteiger partial charge on any atom is -0.395 e. The number of allylic oxidation sites excluding steroid dienone is 4. The monoisotopic (exact) mass is 454 g/mol. The van der Waals surface area contributed by atoms with Gasteiger partial charge in [-0.2, -0.15) is 0 Å². The molecule has 6 N–H and O–H groups in total. The summed E-state index contributed by atoms with van der Waals surface area (Å²) in [5.41, 5.74) is 0.719. The Morgan fingerprint density at radius 2 is 1.88 bits per heavy atom. The molecular formula is C23H38N2O7. The number of hydrogen-bond acceptors (Lipinski definition) is 7. The van der Waals surface area contributed by atoms with E-state index in [1.54, 1.807) is 6.08 Å². The fourth-order valence-corrected chi connectivity index (χ4v) is 3.13. The predicted octanol–water partition coefficient (Wildman–Crippen LogP) is -0.0538. The van der Waals surface area contributed by atoms with E-state index >= 15 is 0 Å². The highest BCUT2D eigenvalue weighted by atomic mass is 16.5. The summed E-state index contributed by atoms with van der Waals surface area (Å²) in [6.07, 6.45) is 4.27. The van der Waals surface area contributed by atoms with Crippen LogP contribution in [0.5, 0.6) is 0 Å². The van der Waals surface area contributed by atoms with Crippen molar-refractivity contribution < 1.29 is 34.8 Å². The molecule has 0 aromatic carbocycles. The Hall–Kier alpha value is -2.04. The summed E-state index contributed by atoms with van der Waals surface area (Å²) in [5, 5.41) is 45.0. The summed E-state index contributed by atoms with van der Waals surface area (Å²) in [7, 11) is 1.19. The van der Waals surface area contributed by atoms with E-state index in [2.05, 4.69) is 10.6 Å². The topological polar surface area (TPSA) is 148 Å². The first-order valence-corrected chi connectivity index (χ1v) is 10.8. The first kappa shape index (κ1) is 28.0. The molecule has 0 aliphatic heterocycles. The van der Waals surface area contributed by atoms with E-state index in [1.165, 1.54) is 13.2 Å². The molecule has 2 amide bonds. The first-order valence-electron chi connectivity index (χ1n) is 10.8. The predicted molar refractivity (Wildman–Crippen MR) is 121 cm³/mol. The van der Waals surface area contributed by atoms with E-state index in [0.717, 1.165) is 18.4 Å². The van der Waals surface area contributed by atoms with Crippen molar-refractivity contribution in [1.82, 2.24) is 10.6 Å². The lowest BCUT2D eigenvalue weighted by atomic mass is 9.93. The second-order valence-electron chi connectivity index (χ2n) is 8.92. The summed E-state index contributed by atoms with van der Waals surface area (Å²) < 4.78 is 5.09. The van der Waals surface area contributed by atoms with Crippen LogP contribution in [0.1, 0.15) is 40.0 Å². The fraction of sp³-hybridized carbons (Fsp3) is 0.652. The SMILES string of the molecule is CO[C@@H](C(=O)N[C@@H](CC1=CC=CCC1)C(=O)NCCO)[C@H](O)[C@@H](O)[C@H](O)/C=C/C(C)(C)C. The van der Waals surface area contributed by atoms with Crippen molar-refractivity contribution in [2.24, 2.45) is 5.41 Å². The molecule has 0 radical (unpaired) electrons. The van der Waals surface area contributed by atoms with Gasteiger partial charge in [0.2, 0.25) is 5.91 Å². The Morgan fingerprint density at radius 3 is 2.41 bits per heavy atom. The zero-order valence-corrected chi connectivity index (χ0v) is 19.3. The molecule has 1 aliphatic carbocycles. The van der Waals surface area contributed by atoms with E-state index < -0.39 is 42.3 Å². The van der Waals surface area contributed by atoms with E-state index in [-0.39, 0.29) is 25.0 Å². The Morgan fingerprint density at radius 1 is 1.19 bits per heavy atom. The summed E-state index contributed by atoms with van der Waals surface area (Å²) in [5.74, 6) is -1.29. The van der Waals surface area contributed by atoms with E-state index in [4.69, 9.17) is 9.84 Å². The molecule has 1 rings (SSSR count). The molecule has 0 bridgehead atoms. The maximum atomic E-state index is 12.8. The molecule has 9 heteroatoms. The lowest BCUT2D eigenvalue weighted by Crippen LogP contribution is -2.56. The molecule has 0 fully saturated rings. The third-order valence-electron chi connectivity index (χ3n) is 4.93. The molecule has 0 saturated heterocycles. The number of aliphatic hydroxyl groups is 4. The van der Waals surface area contributed by atoms with Gasteiger partial charge in [-0.1, -0.05) is 56.7 Å². The summed E-state index contributed by atoms with van der Waals surface area (Å²) >= 11 is 0. The van der Waals surface area contributed by atoms with Crippen molar-refractivity contribution in [3.63, 3.8) is 0 Å². The van der Waals surface area contributed by atoms with Gasteiger partial charge in [-0.05, 0) is 24.7 Å². The van der Waals surface area contributed by atoms with Crippen LogP contribution in [0.15, 0.2) is 36.0 Å². The van der Waals surface area contributed by atoms with Crippen LogP contribution >= 0.6 is 0 Å². The second kappa shape index (κ2) is 13.5. The summed E-state index contributed by atoms with van der Waals surface area (Å²) in [6, 6.07) is -0.959. The number of rotatable bonds is 12. The van der Waals surface area contributed by atoms with Gasteiger partial charge in [-0.15, -0.1) is 0 Å². The fourth-order valence-electron chi connectivity index (χ4n) is 3.13. The lowest BCUT2D eigenvalue weighted by molar-refractivity contribution is -0.150. The zero-order chi connectivity index (χ0) is 24.3. The molecule has 182 valence electrons. The van der Waals surface area contributed by atoms with E-state index in [0.29, 0.717) is 0 Å². The van der Waals surface area contributed by atoms with Gasteiger partial charge in [-0.3, -0.25) is 9.59 Å². The Balaban J connectivity index is 2.91. The maximum Gasteiger partial charge on any atom is 0.252 e. The minimum absolute atomic E-state index is 0.0332. The van der Waals surface area contributed by atoms with Crippen LogP contribution < -0.4 is 10.6 Å². The number of aliphatic hydroxyl groups excluding tert-OH is 4. The number of methoxy groups -OCH3 is 1. The number of carbonyl (C=O) groups is 2. The molecule has 0 aromatic heterocycles. The quantitative estimate of drug-likeness (QED) is 0.226. The van der Waals surface area contributed by atoms with Crippen molar-refractivity contribution in [2.75, 3.05) is 20.3 Å². The number of nitrogens with one attached hydrogen (secondary N) is 2. The van der Waals surface area contributed by atoms with Crippen molar-refractivity contribution in [3.8, 4) is 0 Å². The van der Waals surface area contributed by atoms with Crippen molar-refractivity contribution in [2.45, 2.75) is 70.5 Å². The molecule has 0 unspecified atom stereocenters. The van der Waals surface area contributed by atoms with Crippen LogP contribution in [0.2, 0.25) is 0 Å². The Kier molecular flexibility index (Phi) is 11.8. The van der Waals surface area contributed by atoms with E-state index in [9.17, 15) is 24.9 Å². The van der Waals surface area contributed by atoms with Crippen LogP contribution in [0.4, 0.5) is 0 Å². The van der Waals surface area contributed by atoms with Gasteiger partial charge in [0.15, 0.2) is 6.10 Å². The van der Waals surface area contributed by atoms with Crippen LogP contribution in [0.3, 0.4) is 0 Å². The molecule has 9 nitrogen and oxygen atoms in total. The molecule has 1 aliphatic rings. The average Bonchev–Trinajstić information content (AvgIpc) is 2.75. The average molecular weight is 455 g/mol. The Bertz CT molecular complexity index is 697. The third kappa shape index (κ3) is 9.62. The number of amides is 2.